The van der Waals surface area contributed by atoms with Gasteiger partial charge in [0.05, 0.1) is 12.1 Å². The Kier molecular flexibility index (Phi) is 12.3. The Labute approximate surface area is 184 Å². The molecule has 2 heterocycles. The fraction of sp³-hybridized carbons (Fsp3) is 0.478. The summed E-state index contributed by atoms with van der Waals surface area (Å²) in [6.07, 6.45) is 4.82. The number of likely N-dealkylation sites (tertiary alicyclic amines) is 1. The Balaban J connectivity index is 0.000000270. The Morgan fingerprint density at radius 3 is 2.39 bits per heavy atom. The van der Waals surface area contributed by atoms with E-state index in [2.05, 4.69) is 53.9 Å². The summed E-state index contributed by atoms with van der Waals surface area (Å²) >= 11 is 0. The summed E-state index contributed by atoms with van der Waals surface area (Å²) < 4.78 is 5.03. The smallest absolute Gasteiger partial charge is 0.230 e. The van der Waals surface area contributed by atoms with Gasteiger partial charge in [-0.25, -0.2) is 0 Å². The van der Waals surface area contributed by atoms with Crippen molar-refractivity contribution in [1.82, 2.24) is 20.7 Å². The van der Waals surface area contributed by atoms with Gasteiger partial charge >= 0.3 is 0 Å². The van der Waals surface area contributed by atoms with E-state index in [0.29, 0.717) is 31.2 Å². The van der Waals surface area contributed by atoms with E-state index in [1.165, 1.54) is 11.1 Å². The molecule has 0 bridgehead atoms. The predicted molar refractivity (Wildman–Crippen MR) is 119 cm³/mol. The van der Waals surface area contributed by atoms with Crippen molar-refractivity contribution < 1.29 is 18.9 Å². The molecule has 1 atom stereocenters. The average Bonchev–Trinajstić information content (AvgIpc) is 3.38. The highest BCUT2D eigenvalue weighted by atomic mass is 16.5. The summed E-state index contributed by atoms with van der Waals surface area (Å²) in [7, 11) is 1.56. The Morgan fingerprint density at radius 2 is 1.90 bits per heavy atom. The van der Waals surface area contributed by atoms with Gasteiger partial charge in [0.1, 0.15) is 5.76 Å². The molecule has 3 rings (SSSR count). The van der Waals surface area contributed by atoms with Crippen molar-refractivity contribution in [2.24, 2.45) is 0 Å². The number of amides is 3. The van der Waals surface area contributed by atoms with E-state index in [1.807, 2.05) is 17.9 Å². The van der Waals surface area contributed by atoms with E-state index in [9.17, 15) is 9.59 Å². The first-order valence-electron chi connectivity index (χ1n) is 10.5. The van der Waals surface area contributed by atoms with Crippen molar-refractivity contribution in [2.75, 3.05) is 20.1 Å². The second-order valence-electron chi connectivity index (χ2n) is 7.40. The number of carbonyl (C=O) groups is 3. The zero-order chi connectivity index (χ0) is 23.1. The van der Waals surface area contributed by atoms with Crippen LogP contribution in [0.3, 0.4) is 0 Å². The van der Waals surface area contributed by atoms with E-state index in [0.717, 1.165) is 37.9 Å². The highest BCUT2D eigenvalue weighted by molar-refractivity contribution is 5.78. The molecule has 1 aromatic heterocycles. The molecular weight excluding hydrogens is 396 g/mol. The van der Waals surface area contributed by atoms with Crippen molar-refractivity contribution in [1.29, 1.82) is 0 Å². The highest BCUT2D eigenvalue weighted by Crippen LogP contribution is 2.18. The predicted octanol–water partition coefficient (Wildman–Crippen LogP) is 2.18. The molecule has 2 aromatic rings. The van der Waals surface area contributed by atoms with Gasteiger partial charge in [0, 0.05) is 32.2 Å². The fourth-order valence-corrected chi connectivity index (χ4v) is 3.08. The minimum atomic E-state index is 0.149. The lowest BCUT2D eigenvalue weighted by Crippen LogP contribution is -2.34. The average molecular weight is 431 g/mol. The summed E-state index contributed by atoms with van der Waals surface area (Å²) in [6.45, 7) is 7.61. The van der Waals surface area contributed by atoms with Crippen LogP contribution in [0.4, 0.5) is 0 Å². The molecule has 170 valence electrons. The molecule has 3 amide bonds. The van der Waals surface area contributed by atoms with Crippen LogP contribution in [0.5, 0.6) is 0 Å². The maximum atomic E-state index is 11.9. The number of carbonyl (C=O) groups excluding carboxylic acids is 3. The zero-order valence-electron chi connectivity index (χ0n) is 18.9. The number of benzene rings is 1. The largest absolute Gasteiger partial charge is 0.362 e. The van der Waals surface area contributed by atoms with Crippen molar-refractivity contribution in [2.45, 2.75) is 52.5 Å². The Hall–Kier alpha value is -3.16. The van der Waals surface area contributed by atoms with Crippen LogP contribution in [0.1, 0.15) is 42.3 Å². The molecule has 1 aliphatic heterocycles. The number of hydrogen-bond acceptors (Lipinski definition) is 5. The molecule has 0 spiro atoms. The van der Waals surface area contributed by atoms with E-state index in [-0.39, 0.29) is 5.91 Å². The van der Waals surface area contributed by atoms with Crippen LogP contribution >= 0.6 is 0 Å². The fourth-order valence-electron chi connectivity index (χ4n) is 3.08. The van der Waals surface area contributed by atoms with Gasteiger partial charge < -0.3 is 20.1 Å². The lowest BCUT2D eigenvalue weighted by atomic mass is 10.1. The van der Waals surface area contributed by atoms with E-state index in [1.54, 1.807) is 7.05 Å². The third-order valence-corrected chi connectivity index (χ3v) is 4.76. The van der Waals surface area contributed by atoms with E-state index in [4.69, 9.17) is 9.32 Å². The number of rotatable bonds is 7. The molecule has 0 radical (unpaired) electrons. The quantitative estimate of drug-likeness (QED) is 0.518. The van der Waals surface area contributed by atoms with Crippen molar-refractivity contribution in [3.05, 3.63) is 52.9 Å². The van der Waals surface area contributed by atoms with Crippen LogP contribution in [-0.4, -0.2) is 55.0 Å². The van der Waals surface area contributed by atoms with E-state index >= 15 is 0 Å². The van der Waals surface area contributed by atoms with Gasteiger partial charge in [-0.05, 0) is 45.6 Å². The molecule has 1 aliphatic rings. The van der Waals surface area contributed by atoms with Gasteiger partial charge in [-0.3, -0.25) is 14.4 Å². The third kappa shape index (κ3) is 10.4. The third-order valence-electron chi connectivity index (χ3n) is 4.76. The molecule has 8 nitrogen and oxygen atoms in total. The van der Waals surface area contributed by atoms with Gasteiger partial charge in [0.2, 0.25) is 18.7 Å². The maximum absolute atomic E-state index is 11.9. The highest BCUT2D eigenvalue weighted by Gasteiger charge is 2.25. The zero-order valence-corrected chi connectivity index (χ0v) is 18.9. The first-order chi connectivity index (χ1) is 14.9. The first-order valence-corrected chi connectivity index (χ1v) is 10.5. The molecule has 1 saturated heterocycles. The molecule has 1 fully saturated rings. The SMILES string of the molecule is CNC=O.Cc1cc(CC(=O)N2CCCC2C)on1.Cc1ccc(CCNC=O)cc1. The minimum absolute atomic E-state index is 0.149. The lowest BCUT2D eigenvalue weighted by Gasteiger charge is -2.20. The summed E-state index contributed by atoms with van der Waals surface area (Å²) in [4.78, 5) is 32.8. The van der Waals surface area contributed by atoms with Gasteiger partial charge in [-0.2, -0.15) is 0 Å². The van der Waals surface area contributed by atoms with Crippen LogP contribution in [0.2, 0.25) is 0 Å². The van der Waals surface area contributed by atoms with Crippen LogP contribution in [0, 0.1) is 13.8 Å². The summed E-state index contributed by atoms with van der Waals surface area (Å²) in [5, 5.41) is 8.65. The van der Waals surface area contributed by atoms with Crippen LogP contribution in [-0.2, 0) is 27.2 Å². The van der Waals surface area contributed by atoms with Crippen LogP contribution < -0.4 is 10.6 Å². The van der Waals surface area contributed by atoms with Crippen molar-refractivity contribution in [3.63, 3.8) is 0 Å². The number of aromatic nitrogens is 1. The summed E-state index contributed by atoms with van der Waals surface area (Å²) in [5.41, 5.74) is 3.35. The molecule has 1 aromatic carbocycles. The molecule has 31 heavy (non-hydrogen) atoms. The number of hydrogen-bond donors (Lipinski definition) is 2. The van der Waals surface area contributed by atoms with Crippen molar-refractivity contribution >= 4 is 18.7 Å². The molecular formula is C23H34N4O4. The number of aryl methyl sites for hydroxylation is 2. The number of nitrogens with one attached hydrogen (secondary N) is 2. The van der Waals surface area contributed by atoms with Crippen LogP contribution in [0.25, 0.3) is 0 Å². The van der Waals surface area contributed by atoms with Crippen molar-refractivity contribution in [3.8, 4) is 0 Å². The second kappa shape index (κ2) is 14.8. The van der Waals surface area contributed by atoms with Gasteiger partial charge in [-0.15, -0.1) is 0 Å². The maximum Gasteiger partial charge on any atom is 0.230 e. The standard InChI is InChI=1S/C11H16N2O2.C10H13NO.C2H5NO/c1-8-6-10(15-12-8)7-11(14)13-5-3-4-9(13)2;1-9-2-4-10(5-3-9)6-7-11-8-12;1-3-2-4/h6,9H,3-5,7H2,1-2H3;2-5,8H,6-7H2,1H3,(H,11,12);2H,1H3,(H,3,4). The normalized spacial score (nSPS) is 14.5. The Morgan fingerprint density at radius 1 is 1.23 bits per heavy atom. The van der Waals surface area contributed by atoms with Crippen LogP contribution in [0.15, 0.2) is 34.9 Å². The summed E-state index contributed by atoms with van der Waals surface area (Å²) in [5.74, 6) is 0.813. The molecule has 2 N–H and O–H groups in total. The molecule has 0 aliphatic carbocycles. The topological polar surface area (TPSA) is 105 Å². The second-order valence-corrected chi connectivity index (χ2v) is 7.40. The van der Waals surface area contributed by atoms with E-state index < -0.39 is 0 Å². The molecule has 8 heteroatoms. The van der Waals surface area contributed by atoms with Gasteiger partial charge in [0.25, 0.3) is 0 Å². The molecule has 0 saturated carbocycles. The minimum Gasteiger partial charge on any atom is -0.362 e. The molecule has 1 unspecified atom stereocenters. The van der Waals surface area contributed by atoms with Gasteiger partial charge in [-0.1, -0.05) is 35.0 Å². The number of nitrogens with zero attached hydrogens (tertiary/aromatic N) is 2. The monoisotopic (exact) mass is 430 g/mol. The first kappa shape index (κ1) is 25.9. The van der Waals surface area contributed by atoms with Gasteiger partial charge in [0.15, 0.2) is 0 Å². The summed E-state index contributed by atoms with van der Waals surface area (Å²) in [6, 6.07) is 10.5. The Bertz CT molecular complexity index is 789. The lowest BCUT2D eigenvalue weighted by molar-refractivity contribution is -0.131.